The minimum Gasteiger partial charge on any atom is -0.363 e. The smallest absolute Gasteiger partial charge is 0.248 e. The molecule has 1 aromatic heterocycles. The minimum absolute atomic E-state index is 0.117. The van der Waals surface area contributed by atoms with E-state index < -0.39 is 0 Å². The van der Waals surface area contributed by atoms with E-state index in [9.17, 15) is 4.79 Å². The molecule has 4 rings (SSSR count). The Hall–Kier alpha value is -2.24. The number of amides is 1. The van der Waals surface area contributed by atoms with Crippen LogP contribution in [0.15, 0.2) is 54.9 Å². The molecule has 0 radical (unpaired) electrons. The highest BCUT2D eigenvalue weighted by molar-refractivity contribution is 5.78. The van der Waals surface area contributed by atoms with E-state index in [2.05, 4.69) is 40.2 Å². The van der Waals surface area contributed by atoms with Gasteiger partial charge in [0.05, 0.1) is 5.60 Å². The van der Waals surface area contributed by atoms with Gasteiger partial charge in [-0.3, -0.25) is 9.78 Å². The number of carbonyl (C=O) groups excluding carboxylic acids is 1. The van der Waals surface area contributed by atoms with E-state index in [1.807, 2.05) is 29.4 Å². The number of likely N-dealkylation sites (tertiary alicyclic amines) is 1. The van der Waals surface area contributed by atoms with Crippen LogP contribution in [-0.2, 0) is 22.4 Å². The molecule has 2 aliphatic heterocycles. The van der Waals surface area contributed by atoms with E-state index >= 15 is 0 Å². The molecule has 5 nitrogen and oxygen atoms in total. The van der Waals surface area contributed by atoms with Crippen LogP contribution in [0.4, 0.5) is 0 Å². The number of carbonyl (C=O) groups is 1. The lowest BCUT2D eigenvalue weighted by Crippen LogP contribution is -2.59. The zero-order valence-electron chi connectivity index (χ0n) is 16.4. The van der Waals surface area contributed by atoms with Gasteiger partial charge in [0, 0.05) is 45.1 Å². The van der Waals surface area contributed by atoms with Crippen LogP contribution in [0.25, 0.3) is 0 Å². The molecule has 148 valence electrons. The van der Waals surface area contributed by atoms with Crippen molar-refractivity contribution in [1.82, 2.24) is 14.8 Å². The molecular weight excluding hydrogens is 350 g/mol. The number of ether oxygens (including phenoxy) is 1. The molecule has 0 aliphatic carbocycles. The van der Waals surface area contributed by atoms with Crippen molar-refractivity contribution >= 4 is 5.91 Å². The number of rotatable bonds is 6. The molecule has 0 atom stereocenters. The van der Waals surface area contributed by atoms with Gasteiger partial charge in [0.15, 0.2) is 0 Å². The molecule has 1 aromatic carbocycles. The van der Waals surface area contributed by atoms with Crippen molar-refractivity contribution in [1.29, 1.82) is 0 Å². The van der Waals surface area contributed by atoms with E-state index in [1.165, 1.54) is 11.1 Å². The fourth-order valence-electron chi connectivity index (χ4n) is 4.22. The van der Waals surface area contributed by atoms with Crippen LogP contribution < -0.4 is 0 Å². The third kappa shape index (κ3) is 4.78. The van der Waals surface area contributed by atoms with Gasteiger partial charge in [0.1, 0.15) is 6.61 Å². The molecule has 0 bridgehead atoms. The largest absolute Gasteiger partial charge is 0.363 e. The van der Waals surface area contributed by atoms with Crippen LogP contribution in [0.1, 0.15) is 24.0 Å². The van der Waals surface area contributed by atoms with Crippen LogP contribution in [-0.4, -0.2) is 65.6 Å². The molecule has 5 heteroatoms. The van der Waals surface area contributed by atoms with E-state index in [-0.39, 0.29) is 18.1 Å². The van der Waals surface area contributed by atoms with Gasteiger partial charge < -0.3 is 14.5 Å². The second-order valence-electron chi connectivity index (χ2n) is 7.97. The number of hydrogen-bond donors (Lipinski definition) is 0. The number of benzene rings is 1. The lowest BCUT2D eigenvalue weighted by Gasteiger charge is -2.47. The summed E-state index contributed by atoms with van der Waals surface area (Å²) in [6.07, 6.45) is 7.58. The number of nitrogens with zero attached hydrogens (tertiary/aromatic N) is 3. The molecule has 0 unspecified atom stereocenters. The summed E-state index contributed by atoms with van der Waals surface area (Å²) in [5.41, 5.74) is 2.46. The predicted octanol–water partition coefficient (Wildman–Crippen LogP) is 2.56. The lowest BCUT2D eigenvalue weighted by molar-refractivity contribution is -0.171. The van der Waals surface area contributed by atoms with Crippen molar-refractivity contribution in [3.05, 3.63) is 66.0 Å². The van der Waals surface area contributed by atoms with Crippen molar-refractivity contribution in [2.24, 2.45) is 0 Å². The van der Waals surface area contributed by atoms with Crippen molar-refractivity contribution in [3.8, 4) is 0 Å². The first kappa shape index (κ1) is 19.1. The first-order valence-electron chi connectivity index (χ1n) is 10.3. The summed E-state index contributed by atoms with van der Waals surface area (Å²) in [5, 5.41) is 0. The molecule has 2 saturated heterocycles. The maximum absolute atomic E-state index is 12.3. The Morgan fingerprint density at radius 1 is 0.929 bits per heavy atom. The van der Waals surface area contributed by atoms with Crippen LogP contribution >= 0.6 is 0 Å². The zero-order chi connectivity index (χ0) is 19.2. The number of pyridine rings is 1. The maximum Gasteiger partial charge on any atom is 0.248 e. The predicted molar refractivity (Wildman–Crippen MR) is 109 cm³/mol. The number of piperidine rings is 1. The van der Waals surface area contributed by atoms with Gasteiger partial charge in [-0.05, 0) is 48.9 Å². The second-order valence-corrected chi connectivity index (χ2v) is 7.97. The lowest BCUT2D eigenvalue weighted by atomic mass is 9.89. The molecule has 1 amide bonds. The van der Waals surface area contributed by atoms with Crippen molar-refractivity contribution in [2.45, 2.75) is 31.3 Å². The first-order chi connectivity index (χ1) is 13.7. The Balaban J connectivity index is 1.27. The van der Waals surface area contributed by atoms with Crippen molar-refractivity contribution < 1.29 is 9.53 Å². The Morgan fingerprint density at radius 2 is 1.61 bits per heavy atom. The highest BCUT2D eigenvalue weighted by atomic mass is 16.5. The van der Waals surface area contributed by atoms with Gasteiger partial charge in [0.2, 0.25) is 5.91 Å². The Bertz CT molecular complexity index is 758. The van der Waals surface area contributed by atoms with E-state index in [4.69, 9.17) is 4.74 Å². The number of hydrogen-bond acceptors (Lipinski definition) is 4. The van der Waals surface area contributed by atoms with Gasteiger partial charge in [0.25, 0.3) is 0 Å². The third-order valence-corrected chi connectivity index (χ3v) is 6.08. The van der Waals surface area contributed by atoms with Gasteiger partial charge in [-0.15, -0.1) is 0 Å². The molecule has 3 heterocycles. The van der Waals surface area contributed by atoms with E-state index in [1.54, 1.807) is 0 Å². The fraction of sp³-hybridized carbons (Fsp3) is 0.478. The van der Waals surface area contributed by atoms with Gasteiger partial charge in [-0.1, -0.05) is 30.3 Å². The van der Waals surface area contributed by atoms with Crippen LogP contribution in [0.5, 0.6) is 0 Å². The monoisotopic (exact) mass is 379 g/mol. The number of morpholine rings is 1. The first-order valence-corrected chi connectivity index (χ1v) is 10.3. The van der Waals surface area contributed by atoms with E-state index in [0.717, 1.165) is 58.4 Å². The number of aromatic nitrogens is 1. The Morgan fingerprint density at radius 3 is 2.36 bits per heavy atom. The summed E-state index contributed by atoms with van der Waals surface area (Å²) >= 11 is 0. The minimum atomic E-state index is -0.157. The average molecular weight is 380 g/mol. The average Bonchev–Trinajstić information content (AvgIpc) is 2.76. The van der Waals surface area contributed by atoms with Crippen molar-refractivity contribution in [3.63, 3.8) is 0 Å². The molecule has 28 heavy (non-hydrogen) atoms. The summed E-state index contributed by atoms with van der Waals surface area (Å²) in [7, 11) is 0. The molecular formula is C23H29N3O2. The molecule has 0 N–H and O–H groups in total. The van der Waals surface area contributed by atoms with Gasteiger partial charge >= 0.3 is 0 Å². The molecule has 2 aromatic rings. The van der Waals surface area contributed by atoms with Gasteiger partial charge in [-0.25, -0.2) is 0 Å². The normalized spacial score (nSPS) is 19.9. The van der Waals surface area contributed by atoms with Crippen LogP contribution in [0, 0.1) is 0 Å². The topological polar surface area (TPSA) is 45.7 Å². The van der Waals surface area contributed by atoms with Crippen molar-refractivity contribution in [2.75, 3.05) is 39.3 Å². The van der Waals surface area contributed by atoms with Crippen LogP contribution in [0.3, 0.4) is 0 Å². The summed E-state index contributed by atoms with van der Waals surface area (Å²) in [4.78, 5) is 20.9. The summed E-state index contributed by atoms with van der Waals surface area (Å²) in [6, 6.07) is 14.7. The quantitative estimate of drug-likeness (QED) is 0.774. The summed E-state index contributed by atoms with van der Waals surface area (Å²) in [6.45, 7) is 4.87. The zero-order valence-corrected chi connectivity index (χ0v) is 16.4. The Labute approximate surface area is 167 Å². The summed E-state index contributed by atoms with van der Waals surface area (Å²) in [5.74, 6) is 0.117. The maximum atomic E-state index is 12.3. The fourth-order valence-corrected chi connectivity index (χ4v) is 4.22. The molecule has 2 fully saturated rings. The van der Waals surface area contributed by atoms with Gasteiger partial charge in [-0.2, -0.15) is 0 Å². The van der Waals surface area contributed by atoms with E-state index in [0.29, 0.717) is 0 Å². The Kier molecular flexibility index (Phi) is 6.03. The molecule has 2 aliphatic rings. The standard InChI is InChI=1S/C23H29N3O2/c27-22-18-28-23(19-26(22)15-9-21-6-12-24-13-7-21)10-16-25(17-11-23)14-8-20-4-2-1-3-5-20/h1-7,12-13H,8-11,14-19H2. The second kappa shape index (κ2) is 8.84. The summed E-state index contributed by atoms with van der Waals surface area (Å²) < 4.78 is 6.08. The van der Waals surface area contributed by atoms with Crippen LogP contribution in [0.2, 0.25) is 0 Å². The highest BCUT2D eigenvalue weighted by Crippen LogP contribution is 2.30. The third-order valence-electron chi connectivity index (χ3n) is 6.08. The highest BCUT2D eigenvalue weighted by Gasteiger charge is 2.41. The molecule has 0 saturated carbocycles. The SMILES string of the molecule is O=C1COC2(CCN(CCc3ccccc3)CC2)CN1CCc1ccncc1. The molecule has 1 spiro atoms.